The van der Waals surface area contributed by atoms with Crippen molar-refractivity contribution in [3.8, 4) is 5.69 Å². The first kappa shape index (κ1) is 14.8. The van der Waals surface area contributed by atoms with Crippen molar-refractivity contribution in [3.63, 3.8) is 0 Å². The van der Waals surface area contributed by atoms with Gasteiger partial charge in [-0.3, -0.25) is 0 Å². The van der Waals surface area contributed by atoms with E-state index in [4.69, 9.17) is 0 Å². The lowest BCUT2D eigenvalue weighted by atomic mass is 10.1. The highest BCUT2D eigenvalue weighted by Gasteiger charge is 2.14. The Morgan fingerprint density at radius 3 is 2.50 bits per heavy atom. The molecule has 2 heteroatoms. The van der Waals surface area contributed by atoms with Crippen molar-refractivity contribution >= 4 is 38.8 Å². The molecule has 0 atom stereocenters. The fraction of sp³-hybridized carbons (Fsp3) is 0. The zero-order chi connectivity index (χ0) is 17.5. The van der Waals surface area contributed by atoms with Crippen molar-refractivity contribution in [2.45, 2.75) is 0 Å². The van der Waals surface area contributed by atoms with Gasteiger partial charge in [0, 0.05) is 39.1 Å². The third-order valence-electron chi connectivity index (χ3n) is 4.92. The highest BCUT2D eigenvalue weighted by atomic mass is 15.0. The molecule has 0 aliphatic heterocycles. The van der Waals surface area contributed by atoms with E-state index in [9.17, 15) is 0 Å². The van der Waals surface area contributed by atoms with Crippen molar-refractivity contribution in [1.82, 2.24) is 9.55 Å². The fourth-order valence-electron chi connectivity index (χ4n) is 3.77. The average molecular weight is 334 g/mol. The standard InChI is InChI=1S/C24H18N2/c1-2-3-9-17-16-26(18-10-5-4-6-11-18)22-15-14-20-19-12-7-8-13-21(19)25-24(20)23(17)22/h2-16,25H,1H2/b9-3-. The number of hydrogen-bond donors (Lipinski definition) is 1. The summed E-state index contributed by atoms with van der Waals surface area (Å²) in [5.74, 6) is 0. The zero-order valence-corrected chi connectivity index (χ0v) is 14.3. The Morgan fingerprint density at radius 1 is 0.846 bits per heavy atom. The number of H-pyrrole nitrogens is 1. The van der Waals surface area contributed by atoms with Crippen molar-refractivity contribution in [1.29, 1.82) is 0 Å². The molecule has 2 heterocycles. The van der Waals surface area contributed by atoms with E-state index >= 15 is 0 Å². The molecule has 0 radical (unpaired) electrons. The van der Waals surface area contributed by atoms with Crippen molar-refractivity contribution in [2.24, 2.45) is 0 Å². The van der Waals surface area contributed by atoms with Crippen LogP contribution in [0.3, 0.4) is 0 Å². The second-order valence-electron chi connectivity index (χ2n) is 6.44. The van der Waals surface area contributed by atoms with E-state index in [1.807, 2.05) is 18.2 Å². The number of hydrogen-bond acceptors (Lipinski definition) is 0. The van der Waals surface area contributed by atoms with E-state index in [0.29, 0.717) is 0 Å². The first-order chi connectivity index (χ1) is 12.9. The Balaban J connectivity index is 1.93. The molecule has 0 saturated heterocycles. The van der Waals surface area contributed by atoms with Crippen LogP contribution >= 0.6 is 0 Å². The van der Waals surface area contributed by atoms with Crippen molar-refractivity contribution < 1.29 is 0 Å². The summed E-state index contributed by atoms with van der Waals surface area (Å²) < 4.78 is 2.25. The molecule has 2 nitrogen and oxygen atoms in total. The molecule has 2 aromatic heterocycles. The van der Waals surface area contributed by atoms with Gasteiger partial charge >= 0.3 is 0 Å². The quantitative estimate of drug-likeness (QED) is 0.365. The minimum absolute atomic E-state index is 1.16. The van der Waals surface area contributed by atoms with Crippen LogP contribution in [0.15, 0.2) is 91.7 Å². The molecule has 1 N–H and O–H groups in total. The molecule has 0 amide bonds. The van der Waals surface area contributed by atoms with Crippen molar-refractivity contribution in [3.05, 3.63) is 97.2 Å². The van der Waals surface area contributed by atoms with Gasteiger partial charge in [-0.2, -0.15) is 0 Å². The summed E-state index contributed by atoms with van der Waals surface area (Å²) in [6, 6.07) is 23.4. The number of allylic oxidation sites excluding steroid dienone is 2. The van der Waals surface area contributed by atoms with Gasteiger partial charge in [0.2, 0.25) is 0 Å². The molecule has 5 aromatic rings. The third kappa shape index (κ3) is 2.12. The van der Waals surface area contributed by atoms with Gasteiger partial charge < -0.3 is 9.55 Å². The van der Waals surface area contributed by atoms with E-state index in [2.05, 4.69) is 89.1 Å². The first-order valence-electron chi connectivity index (χ1n) is 8.76. The van der Waals surface area contributed by atoms with E-state index in [1.54, 1.807) is 0 Å². The molecule has 0 bridgehead atoms. The molecular formula is C24H18N2. The predicted molar refractivity (Wildman–Crippen MR) is 112 cm³/mol. The molecule has 0 saturated carbocycles. The predicted octanol–water partition coefficient (Wildman–Crippen LogP) is 6.46. The van der Waals surface area contributed by atoms with Crippen LogP contribution in [0.1, 0.15) is 5.56 Å². The molecular weight excluding hydrogens is 316 g/mol. The van der Waals surface area contributed by atoms with Gasteiger partial charge in [-0.25, -0.2) is 0 Å². The molecule has 0 fully saturated rings. The van der Waals surface area contributed by atoms with Gasteiger partial charge in [-0.1, -0.05) is 67.3 Å². The highest BCUT2D eigenvalue weighted by molar-refractivity contribution is 6.18. The molecule has 26 heavy (non-hydrogen) atoms. The smallest absolute Gasteiger partial charge is 0.0566 e. The maximum Gasteiger partial charge on any atom is 0.0566 e. The molecule has 0 aliphatic rings. The van der Waals surface area contributed by atoms with Crippen LogP contribution in [-0.4, -0.2) is 9.55 Å². The number of aromatic nitrogens is 2. The summed E-state index contributed by atoms with van der Waals surface area (Å²) in [5.41, 5.74) is 5.88. The Bertz CT molecular complexity index is 1280. The monoisotopic (exact) mass is 334 g/mol. The Morgan fingerprint density at radius 2 is 1.65 bits per heavy atom. The van der Waals surface area contributed by atoms with Gasteiger partial charge in [0.1, 0.15) is 0 Å². The first-order valence-corrected chi connectivity index (χ1v) is 8.76. The normalized spacial score (nSPS) is 11.8. The lowest BCUT2D eigenvalue weighted by Crippen LogP contribution is -1.90. The molecule has 0 aliphatic carbocycles. The van der Waals surface area contributed by atoms with Gasteiger partial charge in [0.25, 0.3) is 0 Å². The minimum atomic E-state index is 1.16. The van der Waals surface area contributed by atoms with Gasteiger partial charge in [-0.05, 0) is 24.3 Å². The van der Waals surface area contributed by atoms with Crippen LogP contribution in [0, 0.1) is 0 Å². The van der Waals surface area contributed by atoms with E-state index in [0.717, 1.165) is 5.69 Å². The van der Waals surface area contributed by atoms with Gasteiger partial charge in [0.05, 0.1) is 11.0 Å². The second-order valence-corrected chi connectivity index (χ2v) is 6.44. The average Bonchev–Trinajstić information content (AvgIpc) is 3.25. The summed E-state index contributed by atoms with van der Waals surface area (Å²) in [6.07, 6.45) is 8.13. The number of benzene rings is 3. The maximum absolute atomic E-state index is 3.82. The topological polar surface area (TPSA) is 20.7 Å². The molecule has 5 rings (SSSR count). The highest BCUT2D eigenvalue weighted by Crippen LogP contribution is 2.35. The molecule has 0 unspecified atom stereocenters. The summed E-state index contributed by atoms with van der Waals surface area (Å²) in [6.45, 7) is 3.82. The third-order valence-corrected chi connectivity index (χ3v) is 4.92. The minimum Gasteiger partial charge on any atom is -0.354 e. The Hall–Kier alpha value is -3.52. The van der Waals surface area contributed by atoms with Crippen molar-refractivity contribution in [2.75, 3.05) is 0 Å². The number of aromatic amines is 1. The summed E-state index contributed by atoms with van der Waals surface area (Å²) in [7, 11) is 0. The summed E-state index contributed by atoms with van der Waals surface area (Å²) in [4.78, 5) is 3.63. The maximum atomic E-state index is 3.82. The van der Waals surface area contributed by atoms with Crippen LogP contribution in [0.2, 0.25) is 0 Å². The summed E-state index contributed by atoms with van der Waals surface area (Å²) in [5, 5.41) is 3.75. The Kier molecular flexibility index (Phi) is 3.29. The van der Waals surface area contributed by atoms with E-state index < -0.39 is 0 Å². The number of fused-ring (bicyclic) bond motifs is 5. The van der Waals surface area contributed by atoms with Crippen LogP contribution < -0.4 is 0 Å². The molecule has 124 valence electrons. The largest absolute Gasteiger partial charge is 0.354 e. The number of nitrogens with one attached hydrogen (secondary N) is 1. The van der Waals surface area contributed by atoms with E-state index in [-0.39, 0.29) is 0 Å². The molecule has 0 spiro atoms. The second kappa shape index (κ2) is 5.78. The van der Waals surface area contributed by atoms with Crippen LogP contribution in [-0.2, 0) is 0 Å². The lowest BCUT2D eigenvalue weighted by Gasteiger charge is -2.05. The molecule has 3 aromatic carbocycles. The number of nitrogens with zero attached hydrogens (tertiary/aromatic N) is 1. The number of para-hydroxylation sites is 2. The van der Waals surface area contributed by atoms with Gasteiger partial charge in [-0.15, -0.1) is 0 Å². The van der Waals surface area contributed by atoms with Crippen LogP contribution in [0.5, 0.6) is 0 Å². The number of rotatable bonds is 3. The SMILES string of the molecule is C=C/C=C\c1cn(-c2ccccc2)c2ccc3c4ccccc4[nH]c3c12. The summed E-state index contributed by atoms with van der Waals surface area (Å²) >= 11 is 0. The van der Waals surface area contributed by atoms with Crippen LogP contribution in [0.4, 0.5) is 0 Å². The van der Waals surface area contributed by atoms with Gasteiger partial charge in [0.15, 0.2) is 0 Å². The van der Waals surface area contributed by atoms with E-state index in [1.165, 1.54) is 38.3 Å². The lowest BCUT2D eigenvalue weighted by molar-refractivity contribution is 1.13. The fourth-order valence-corrected chi connectivity index (χ4v) is 3.77. The zero-order valence-electron chi connectivity index (χ0n) is 14.3. The Labute approximate surface area is 151 Å². The van der Waals surface area contributed by atoms with Crippen LogP contribution in [0.25, 0.3) is 44.5 Å².